The third kappa shape index (κ3) is 2.95. The number of ether oxygens (including phenoxy) is 1. The first-order valence-electron chi connectivity index (χ1n) is 8.96. The number of nitrogens with zero attached hydrogens (tertiary/aromatic N) is 2. The lowest BCUT2D eigenvalue weighted by Crippen LogP contribution is -2.33. The van der Waals surface area contributed by atoms with Gasteiger partial charge in [-0.25, -0.2) is 5.01 Å². The molecule has 140 valence electrons. The summed E-state index contributed by atoms with van der Waals surface area (Å²) in [5, 5.41) is 17.9. The van der Waals surface area contributed by atoms with Crippen LogP contribution < -0.4 is 4.74 Å². The molecule has 3 aromatic rings. The minimum Gasteiger partial charge on any atom is -0.507 e. The van der Waals surface area contributed by atoms with E-state index < -0.39 is 6.23 Å². The average Bonchev–Trinajstić information content (AvgIpc) is 3.14. The van der Waals surface area contributed by atoms with Gasteiger partial charge in [-0.1, -0.05) is 51.8 Å². The molecule has 2 atom stereocenters. The number of benzene rings is 3. The van der Waals surface area contributed by atoms with E-state index in [0.29, 0.717) is 10.6 Å². The highest BCUT2D eigenvalue weighted by molar-refractivity contribution is 9.10. The summed E-state index contributed by atoms with van der Waals surface area (Å²) < 4.78 is 7.29. The molecule has 0 unspecified atom stereocenters. The van der Waals surface area contributed by atoms with Crippen LogP contribution in [0.5, 0.6) is 11.5 Å². The summed E-state index contributed by atoms with van der Waals surface area (Å²) in [5.41, 5.74) is 3.75. The number of hydrazone groups is 1. The number of para-hydroxylation sites is 1. The van der Waals surface area contributed by atoms with E-state index in [9.17, 15) is 5.11 Å². The maximum absolute atomic E-state index is 10.4. The highest BCUT2D eigenvalue weighted by Gasteiger charge is 2.41. The third-order valence-corrected chi connectivity index (χ3v) is 5.90. The zero-order chi connectivity index (χ0) is 19.3. The molecule has 0 saturated heterocycles. The minimum absolute atomic E-state index is 0.00861. The van der Waals surface area contributed by atoms with Crippen LogP contribution in [0.4, 0.5) is 0 Å². The number of hydrogen-bond donors (Lipinski definition) is 1. The van der Waals surface area contributed by atoms with E-state index in [4.69, 9.17) is 21.4 Å². The lowest BCUT2D eigenvalue weighted by molar-refractivity contribution is -0.0203. The van der Waals surface area contributed by atoms with Crippen LogP contribution in [0.3, 0.4) is 0 Å². The van der Waals surface area contributed by atoms with E-state index >= 15 is 0 Å². The molecular formula is C22H16BrClN2O2. The Hall–Kier alpha value is -2.50. The van der Waals surface area contributed by atoms with E-state index in [-0.39, 0.29) is 11.8 Å². The number of hydrogen-bond acceptors (Lipinski definition) is 4. The van der Waals surface area contributed by atoms with E-state index in [2.05, 4.69) is 28.1 Å². The molecule has 2 heterocycles. The van der Waals surface area contributed by atoms with Gasteiger partial charge in [-0.15, -0.1) is 0 Å². The number of phenolic OH excluding ortho intramolecular Hbond substituents is 1. The smallest absolute Gasteiger partial charge is 0.217 e. The molecule has 0 saturated carbocycles. The summed E-state index contributed by atoms with van der Waals surface area (Å²) in [5.74, 6) is 0.960. The van der Waals surface area contributed by atoms with Gasteiger partial charge in [-0.2, -0.15) is 5.10 Å². The SMILES string of the molecule is Oc1ccccc1[C@@H]1Oc2ccc(Cl)cc2[C@@H]2CC(c3ccc(Br)cc3)=NN21. The number of aromatic hydroxyl groups is 1. The Bertz CT molecular complexity index is 1080. The minimum atomic E-state index is -0.507. The van der Waals surface area contributed by atoms with Gasteiger partial charge < -0.3 is 9.84 Å². The molecular weight excluding hydrogens is 440 g/mol. The Labute approximate surface area is 176 Å². The Morgan fingerprint density at radius 1 is 1.04 bits per heavy atom. The van der Waals surface area contributed by atoms with Crippen LogP contribution in [0.1, 0.15) is 35.4 Å². The summed E-state index contributed by atoms with van der Waals surface area (Å²) in [4.78, 5) is 0. The average molecular weight is 456 g/mol. The van der Waals surface area contributed by atoms with Crippen LogP contribution >= 0.6 is 27.5 Å². The molecule has 0 radical (unpaired) electrons. The molecule has 28 heavy (non-hydrogen) atoms. The number of halogens is 2. The van der Waals surface area contributed by atoms with E-state index in [1.54, 1.807) is 12.1 Å². The maximum Gasteiger partial charge on any atom is 0.217 e. The molecule has 5 rings (SSSR count). The van der Waals surface area contributed by atoms with Gasteiger partial charge in [0, 0.05) is 21.5 Å². The predicted molar refractivity (Wildman–Crippen MR) is 113 cm³/mol. The van der Waals surface area contributed by atoms with Gasteiger partial charge in [0.15, 0.2) is 0 Å². The lowest BCUT2D eigenvalue weighted by Gasteiger charge is -2.38. The van der Waals surface area contributed by atoms with Crippen LogP contribution in [-0.2, 0) is 0 Å². The van der Waals surface area contributed by atoms with Crippen molar-refractivity contribution < 1.29 is 9.84 Å². The van der Waals surface area contributed by atoms with Crippen LogP contribution in [0, 0.1) is 0 Å². The molecule has 0 aromatic heterocycles. The molecule has 6 heteroatoms. The van der Waals surface area contributed by atoms with Crippen molar-refractivity contribution in [2.75, 3.05) is 0 Å². The van der Waals surface area contributed by atoms with Crippen molar-refractivity contribution in [1.29, 1.82) is 0 Å². The van der Waals surface area contributed by atoms with Gasteiger partial charge >= 0.3 is 0 Å². The normalized spacial score (nSPS) is 20.2. The van der Waals surface area contributed by atoms with Gasteiger partial charge in [0.1, 0.15) is 11.5 Å². The molecule has 2 aliphatic heterocycles. The Morgan fingerprint density at radius 3 is 2.61 bits per heavy atom. The first-order chi connectivity index (χ1) is 13.6. The van der Waals surface area contributed by atoms with Crippen LogP contribution in [-0.4, -0.2) is 15.8 Å². The summed E-state index contributed by atoms with van der Waals surface area (Å²) in [7, 11) is 0. The number of rotatable bonds is 2. The van der Waals surface area contributed by atoms with E-state index in [0.717, 1.165) is 33.5 Å². The van der Waals surface area contributed by atoms with E-state index in [1.807, 2.05) is 47.5 Å². The van der Waals surface area contributed by atoms with Gasteiger partial charge in [0.05, 0.1) is 17.3 Å². The molecule has 0 aliphatic carbocycles. The van der Waals surface area contributed by atoms with Crippen LogP contribution in [0.2, 0.25) is 5.02 Å². The fraction of sp³-hybridized carbons (Fsp3) is 0.136. The van der Waals surface area contributed by atoms with Crippen molar-refractivity contribution in [3.8, 4) is 11.5 Å². The van der Waals surface area contributed by atoms with Crippen molar-refractivity contribution in [3.05, 3.63) is 92.9 Å². The van der Waals surface area contributed by atoms with E-state index in [1.165, 1.54) is 0 Å². The molecule has 0 bridgehead atoms. The second kappa shape index (κ2) is 6.83. The quantitative estimate of drug-likeness (QED) is 0.511. The lowest BCUT2D eigenvalue weighted by atomic mass is 9.96. The van der Waals surface area contributed by atoms with Crippen molar-refractivity contribution in [1.82, 2.24) is 5.01 Å². The first kappa shape index (κ1) is 17.6. The third-order valence-electron chi connectivity index (χ3n) is 5.13. The van der Waals surface area contributed by atoms with Crippen molar-refractivity contribution in [3.63, 3.8) is 0 Å². The fourth-order valence-corrected chi connectivity index (χ4v) is 4.22. The molecule has 3 aromatic carbocycles. The number of fused-ring (bicyclic) bond motifs is 3. The molecule has 2 aliphatic rings. The predicted octanol–water partition coefficient (Wildman–Crippen LogP) is 6.05. The highest BCUT2D eigenvalue weighted by Crippen LogP contribution is 2.49. The zero-order valence-corrected chi connectivity index (χ0v) is 17.1. The van der Waals surface area contributed by atoms with Crippen molar-refractivity contribution in [2.45, 2.75) is 18.7 Å². The molecule has 4 nitrogen and oxygen atoms in total. The second-order valence-electron chi connectivity index (χ2n) is 6.86. The van der Waals surface area contributed by atoms with Crippen molar-refractivity contribution >= 4 is 33.2 Å². The largest absolute Gasteiger partial charge is 0.507 e. The van der Waals surface area contributed by atoms with Crippen molar-refractivity contribution in [2.24, 2.45) is 5.10 Å². The molecule has 0 amide bonds. The van der Waals surface area contributed by atoms with Gasteiger partial charge in [0.25, 0.3) is 0 Å². The topological polar surface area (TPSA) is 45.1 Å². The zero-order valence-electron chi connectivity index (χ0n) is 14.7. The molecule has 0 spiro atoms. The Morgan fingerprint density at radius 2 is 1.82 bits per heavy atom. The summed E-state index contributed by atoms with van der Waals surface area (Å²) >= 11 is 9.74. The van der Waals surface area contributed by atoms with Crippen LogP contribution in [0.15, 0.2) is 76.3 Å². The first-order valence-corrected chi connectivity index (χ1v) is 10.1. The second-order valence-corrected chi connectivity index (χ2v) is 8.22. The molecule has 1 N–H and O–H groups in total. The van der Waals surface area contributed by atoms with Gasteiger partial charge in [-0.3, -0.25) is 0 Å². The summed E-state index contributed by atoms with van der Waals surface area (Å²) in [6, 6.07) is 21.0. The standard InChI is InChI=1S/C22H16BrClN2O2/c23-14-7-5-13(6-8-14)18-12-19-17-11-15(24)9-10-21(17)28-22(26(19)25-18)16-3-1-2-4-20(16)27/h1-11,19,22,27H,12H2/t19-,22-/m0/s1. The highest BCUT2D eigenvalue weighted by atomic mass is 79.9. The van der Waals surface area contributed by atoms with Crippen LogP contribution in [0.25, 0.3) is 0 Å². The molecule has 0 fully saturated rings. The number of phenols is 1. The summed E-state index contributed by atoms with van der Waals surface area (Å²) in [6.07, 6.45) is 0.232. The Kier molecular flexibility index (Phi) is 4.29. The fourth-order valence-electron chi connectivity index (χ4n) is 3.78. The summed E-state index contributed by atoms with van der Waals surface area (Å²) in [6.45, 7) is 0. The van der Waals surface area contributed by atoms with Gasteiger partial charge in [0.2, 0.25) is 6.23 Å². The van der Waals surface area contributed by atoms with Gasteiger partial charge in [-0.05, 0) is 48.0 Å². The maximum atomic E-state index is 10.4. The Balaban J connectivity index is 1.62. The monoisotopic (exact) mass is 454 g/mol.